The van der Waals surface area contributed by atoms with E-state index in [0.29, 0.717) is 0 Å². The Labute approximate surface area is 125 Å². The highest BCUT2D eigenvalue weighted by Crippen LogP contribution is 2.04. The molecule has 0 saturated carbocycles. The summed E-state index contributed by atoms with van der Waals surface area (Å²) in [6, 6.07) is 0. The van der Waals surface area contributed by atoms with E-state index < -0.39 is 0 Å². The third kappa shape index (κ3) is 12.4. The van der Waals surface area contributed by atoms with E-state index in [1.807, 2.05) is 50.6 Å². The van der Waals surface area contributed by atoms with Gasteiger partial charge in [-0.25, -0.2) is 0 Å². The summed E-state index contributed by atoms with van der Waals surface area (Å²) in [4.78, 5) is 0. The summed E-state index contributed by atoms with van der Waals surface area (Å²) < 4.78 is 0. The molecule has 0 bridgehead atoms. The second-order valence-electron chi connectivity index (χ2n) is 4.95. The molecule has 0 atom stereocenters. The Kier molecular flexibility index (Phi) is 9.68. The standard InChI is InChI=1S/C20H26/c1-17(2)11-9-15-19(5)13-7-8-14-20(6)16-10-12-18(3)4/h7-16H,1,3H2,2,4-6H3/q+2/b11-9+,12-10+,13-7+,19-15+,20-14+. The quantitative estimate of drug-likeness (QED) is 0.367. The normalized spacial score (nSPS) is 13.4. The molecule has 0 N–H and O–H groups in total. The first-order valence-electron chi connectivity index (χ1n) is 6.77. The Morgan fingerprint density at radius 3 is 2.10 bits per heavy atom. The van der Waals surface area contributed by atoms with Crippen LogP contribution in [-0.4, -0.2) is 0 Å². The Morgan fingerprint density at radius 2 is 1.50 bits per heavy atom. The minimum Gasteiger partial charge on any atom is -0.0961 e. The van der Waals surface area contributed by atoms with Crippen LogP contribution >= 0.6 is 0 Å². The molecule has 0 aromatic rings. The van der Waals surface area contributed by atoms with Crippen molar-refractivity contribution in [2.24, 2.45) is 0 Å². The monoisotopic (exact) mass is 266 g/mol. The van der Waals surface area contributed by atoms with Gasteiger partial charge in [-0.2, -0.15) is 0 Å². The van der Waals surface area contributed by atoms with Crippen LogP contribution in [0.25, 0.3) is 0 Å². The van der Waals surface area contributed by atoms with Crippen molar-refractivity contribution < 1.29 is 0 Å². The Morgan fingerprint density at radius 1 is 0.850 bits per heavy atom. The molecule has 0 aromatic carbocycles. The molecule has 0 aliphatic rings. The van der Waals surface area contributed by atoms with Crippen LogP contribution in [0.15, 0.2) is 84.1 Å². The fraction of sp³-hybridized carbons (Fsp3) is 0.200. The maximum absolute atomic E-state index is 3.82. The fourth-order valence-electron chi connectivity index (χ4n) is 1.25. The van der Waals surface area contributed by atoms with Crippen molar-refractivity contribution in [3.63, 3.8) is 0 Å². The predicted molar refractivity (Wildman–Crippen MR) is 93.2 cm³/mol. The number of hydrogen-bond acceptors (Lipinski definition) is 0. The third-order valence-electron chi connectivity index (χ3n) is 2.31. The molecule has 0 nitrogen and oxygen atoms in total. The lowest BCUT2D eigenvalue weighted by Gasteiger charge is -1.84. The van der Waals surface area contributed by atoms with Crippen LogP contribution in [0.1, 0.15) is 27.7 Å². The smallest absolute Gasteiger partial charge is 0.0961 e. The summed E-state index contributed by atoms with van der Waals surface area (Å²) in [6.07, 6.45) is 20.4. The van der Waals surface area contributed by atoms with E-state index in [1.54, 1.807) is 0 Å². The summed E-state index contributed by atoms with van der Waals surface area (Å²) in [5, 5.41) is 0. The fourth-order valence-corrected chi connectivity index (χ4v) is 1.25. The maximum Gasteiger partial charge on any atom is 0.143 e. The zero-order valence-corrected chi connectivity index (χ0v) is 13.2. The van der Waals surface area contributed by atoms with Crippen molar-refractivity contribution in [2.75, 3.05) is 0 Å². The van der Waals surface area contributed by atoms with Crippen LogP contribution in [0.5, 0.6) is 0 Å². The molecule has 0 fully saturated rings. The first kappa shape index (κ1) is 17.9. The van der Waals surface area contributed by atoms with E-state index in [2.05, 4.69) is 51.7 Å². The Balaban J connectivity index is 4.17. The molecule has 0 aliphatic heterocycles. The van der Waals surface area contributed by atoms with Crippen molar-refractivity contribution in [2.45, 2.75) is 27.7 Å². The van der Waals surface area contributed by atoms with Gasteiger partial charge in [-0.05, 0) is 32.4 Å². The van der Waals surface area contributed by atoms with Crippen LogP contribution in [0, 0.1) is 12.8 Å². The van der Waals surface area contributed by atoms with Gasteiger partial charge in [0.25, 0.3) is 0 Å². The van der Waals surface area contributed by atoms with Crippen molar-refractivity contribution >= 4 is 0 Å². The second kappa shape index (κ2) is 10.8. The molecule has 0 radical (unpaired) electrons. The first-order chi connectivity index (χ1) is 9.41. The van der Waals surface area contributed by atoms with E-state index in [9.17, 15) is 0 Å². The summed E-state index contributed by atoms with van der Waals surface area (Å²) in [5.74, 6) is 0. The molecule has 0 unspecified atom stereocenters. The average molecular weight is 266 g/mol. The highest BCUT2D eigenvalue weighted by molar-refractivity contribution is 5.30. The predicted octanol–water partition coefficient (Wildman–Crippen LogP) is 6.11. The van der Waals surface area contributed by atoms with E-state index in [4.69, 9.17) is 0 Å². The average Bonchev–Trinajstić information content (AvgIpc) is 2.33. The van der Waals surface area contributed by atoms with Gasteiger partial charge in [0, 0.05) is 24.6 Å². The SMILES string of the molecule is C=C(C)/C=C/C=C(C)/C=C/[CH+]/C=C(\C)[CH+]/C=C/C(=C)C. The minimum absolute atomic E-state index is 1.06. The summed E-state index contributed by atoms with van der Waals surface area (Å²) >= 11 is 0. The molecule has 0 amide bonds. The van der Waals surface area contributed by atoms with Gasteiger partial charge in [-0.3, -0.25) is 0 Å². The molecular formula is C20H26+2. The lowest BCUT2D eigenvalue weighted by atomic mass is 10.1. The molecule has 0 aromatic heterocycles. The molecule has 0 heteroatoms. The van der Waals surface area contributed by atoms with Crippen LogP contribution in [0.2, 0.25) is 0 Å². The van der Waals surface area contributed by atoms with Gasteiger partial charge in [0.2, 0.25) is 0 Å². The molecule has 0 heterocycles. The van der Waals surface area contributed by atoms with Crippen molar-refractivity contribution in [3.8, 4) is 0 Å². The number of allylic oxidation sites excluding steroid dienone is 12. The zero-order chi connectivity index (χ0) is 15.4. The first-order valence-corrected chi connectivity index (χ1v) is 6.77. The topological polar surface area (TPSA) is 0 Å². The van der Waals surface area contributed by atoms with Crippen molar-refractivity contribution in [3.05, 3.63) is 96.9 Å². The van der Waals surface area contributed by atoms with E-state index in [0.717, 1.165) is 11.1 Å². The lowest BCUT2D eigenvalue weighted by Crippen LogP contribution is -1.75. The van der Waals surface area contributed by atoms with Crippen molar-refractivity contribution in [1.82, 2.24) is 0 Å². The number of rotatable bonds is 8. The van der Waals surface area contributed by atoms with E-state index >= 15 is 0 Å². The summed E-state index contributed by atoms with van der Waals surface area (Å²) in [7, 11) is 0. The number of hydrogen-bond donors (Lipinski definition) is 0. The van der Waals surface area contributed by atoms with Crippen molar-refractivity contribution in [1.29, 1.82) is 0 Å². The molecule has 104 valence electrons. The van der Waals surface area contributed by atoms with Gasteiger partial charge in [-0.15, -0.1) is 0 Å². The largest absolute Gasteiger partial charge is 0.143 e. The van der Waals surface area contributed by atoms with Gasteiger partial charge in [0.1, 0.15) is 11.6 Å². The van der Waals surface area contributed by atoms with Gasteiger partial charge >= 0.3 is 0 Å². The molecule has 0 spiro atoms. The van der Waals surface area contributed by atoms with Gasteiger partial charge in [0.15, 0.2) is 0 Å². The van der Waals surface area contributed by atoms with Crippen LogP contribution in [0.4, 0.5) is 0 Å². The van der Waals surface area contributed by atoms with Gasteiger partial charge in [0.05, 0.1) is 25.0 Å². The van der Waals surface area contributed by atoms with E-state index in [-0.39, 0.29) is 0 Å². The van der Waals surface area contributed by atoms with Crippen LogP contribution in [-0.2, 0) is 0 Å². The van der Waals surface area contributed by atoms with Crippen LogP contribution < -0.4 is 0 Å². The zero-order valence-electron chi connectivity index (χ0n) is 13.2. The molecule has 0 rings (SSSR count). The summed E-state index contributed by atoms with van der Waals surface area (Å²) in [6.45, 7) is 15.8. The van der Waals surface area contributed by atoms with Crippen LogP contribution in [0.3, 0.4) is 0 Å². The van der Waals surface area contributed by atoms with Gasteiger partial charge in [-0.1, -0.05) is 30.9 Å². The molecule has 0 saturated heterocycles. The highest BCUT2D eigenvalue weighted by atomic mass is 13.9. The molecular weight excluding hydrogens is 240 g/mol. The highest BCUT2D eigenvalue weighted by Gasteiger charge is 1.99. The maximum atomic E-state index is 3.82. The Hall–Kier alpha value is -2.08. The molecule has 20 heavy (non-hydrogen) atoms. The Bertz CT molecular complexity index is 462. The van der Waals surface area contributed by atoms with E-state index in [1.165, 1.54) is 11.1 Å². The lowest BCUT2D eigenvalue weighted by molar-refractivity contribution is 1.40. The van der Waals surface area contributed by atoms with Gasteiger partial charge < -0.3 is 0 Å². The molecule has 0 aliphatic carbocycles. The third-order valence-corrected chi connectivity index (χ3v) is 2.31. The minimum atomic E-state index is 1.06. The second-order valence-corrected chi connectivity index (χ2v) is 4.95. The summed E-state index contributed by atoms with van der Waals surface area (Å²) in [5.41, 5.74) is 4.52.